The lowest BCUT2D eigenvalue weighted by Gasteiger charge is -2.39. The number of carboxylic acids is 1. The van der Waals surface area contributed by atoms with Gasteiger partial charge in [-0.25, -0.2) is 0 Å². The maximum atomic E-state index is 11.3. The number of carboxylic acid groups (broad SMARTS) is 1. The minimum Gasteiger partial charge on any atom is -0.497 e. The first kappa shape index (κ1) is 26.4. The Balaban J connectivity index is 1.28. The summed E-state index contributed by atoms with van der Waals surface area (Å²) >= 11 is 1.75. The van der Waals surface area contributed by atoms with Gasteiger partial charge in [-0.3, -0.25) is 9.78 Å². The third kappa shape index (κ3) is 7.64. The summed E-state index contributed by atoms with van der Waals surface area (Å²) in [5.74, 6) is 2.20. The van der Waals surface area contributed by atoms with Crippen LogP contribution < -0.4 is 4.74 Å². The number of aromatic nitrogens is 3. The molecule has 3 heterocycles. The van der Waals surface area contributed by atoms with Crippen LogP contribution in [0.2, 0.25) is 0 Å². The number of fused-ring (bicyclic) bond motifs is 1. The van der Waals surface area contributed by atoms with Gasteiger partial charge in [0.15, 0.2) is 0 Å². The number of carbonyl (C=O) groups is 1. The molecule has 1 fully saturated rings. The molecule has 1 saturated heterocycles. The molecule has 0 bridgehead atoms. The second-order valence-corrected chi connectivity index (χ2v) is 10.7. The first-order valence-electron chi connectivity index (χ1n) is 12.9. The fourth-order valence-electron chi connectivity index (χ4n) is 5.29. The Hall–Kier alpha value is -2.71. The van der Waals surface area contributed by atoms with E-state index in [-0.39, 0.29) is 6.42 Å². The van der Waals surface area contributed by atoms with Crippen molar-refractivity contribution in [2.75, 3.05) is 32.5 Å². The van der Waals surface area contributed by atoms with Gasteiger partial charge in [0.25, 0.3) is 0 Å². The van der Waals surface area contributed by atoms with E-state index >= 15 is 0 Å². The predicted molar refractivity (Wildman–Crippen MR) is 144 cm³/mol. The zero-order valence-corrected chi connectivity index (χ0v) is 21.8. The number of aliphatic carboxylic acids is 1. The number of rotatable bonds is 13. The number of ether oxygens (including phenoxy) is 1. The molecule has 1 aliphatic heterocycles. The van der Waals surface area contributed by atoms with E-state index in [9.17, 15) is 9.90 Å². The molecule has 36 heavy (non-hydrogen) atoms. The second-order valence-electron chi connectivity index (χ2n) is 9.55. The molecule has 7 nitrogen and oxygen atoms in total. The number of hydrogen-bond donors (Lipinski definition) is 1. The minimum atomic E-state index is -0.691. The molecule has 0 radical (unpaired) electrons. The van der Waals surface area contributed by atoms with E-state index in [1.165, 1.54) is 5.56 Å². The molecule has 2 atom stereocenters. The summed E-state index contributed by atoms with van der Waals surface area (Å²) in [6.45, 7) is 3.15. The van der Waals surface area contributed by atoms with Crippen molar-refractivity contribution in [2.45, 2.75) is 50.0 Å². The topological polar surface area (TPSA) is 88.4 Å². The Labute approximate surface area is 217 Å². The summed E-state index contributed by atoms with van der Waals surface area (Å²) in [5, 5.41) is 19.5. The molecular formula is C28H36N4O3S. The van der Waals surface area contributed by atoms with Gasteiger partial charge in [0.1, 0.15) is 10.8 Å². The Morgan fingerprint density at radius 1 is 1.17 bits per heavy atom. The number of pyridine rings is 1. The Morgan fingerprint density at radius 2 is 2.08 bits per heavy atom. The highest BCUT2D eigenvalue weighted by Crippen LogP contribution is 2.32. The third-order valence-corrected chi connectivity index (χ3v) is 8.19. The lowest BCUT2D eigenvalue weighted by molar-refractivity contribution is -0.137. The van der Waals surface area contributed by atoms with Crippen molar-refractivity contribution >= 4 is 28.6 Å². The van der Waals surface area contributed by atoms with Gasteiger partial charge in [-0.2, -0.15) is 5.10 Å². The van der Waals surface area contributed by atoms with Crippen molar-refractivity contribution < 1.29 is 14.6 Å². The predicted octanol–water partition coefficient (Wildman–Crippen LogP) is 5.34. The molecule has 2 aromatic heterocycles. The Morgan fingerprint density at radius 3 is 2.89 bits per heavy atom. The number of benzene rings is 1. The average molecular weight is 509 g/mol. The van der Waals surface area contributed by atoms with Gasteiger partial charge in [-0.05, 0) is 105 Å². The molecular weight excluding hydrogens is 472 g/mol. The number of hydrogen-bond acceptors (Lipinski definition) is 7. The van der Waals surface area contributed by atoms with E-state index in [4.69, 9.17) is 4.74 Å². The highest BCUT2D eigenvalue weighted by atomic mass is 32.2. The number of aryl methyl sites for hydroxylation is 1. The summed E-state index contributed by atoms with van der Waals surface area (Å²) < 4.78 is 5.42. The van der Waals surface area contributed by atoms with Crippen molar-refractivity contribution in [2.24, 2.45) is 11.8 Å². The largest absolute Gasteiger partial charge is 0.497 e. The maximum Gasteiger partial charge on any atom is 0.303 e. The molecule has 1 aromatic carbocycles. The first-order valence-corrected chi connectivity index (χ1v) is 13.9. The van der Waals surface area contributed by atoms with Crippen LogP contribution in [0.4, 0.5) is 0 Å². The quantitative estimate of drug-likeness (QED) is 0.244. The zero-order chi connectivity index (χ0) is 25.2. The van der Waals surface area contributed by atoms with E-state index in [0.29, 0.717) is 11.8 Å². The number of nitrogens with zero attached hydrogens (tertiary/aromatic N) is 4. The molecule has 8 heteroatoms. The second kappa shape index (κ2) is 13.6. The monoisotopic (exact) mass is 508 g/mol. The number of thioether (sulfide) groups is 1. The molecule has 192 valence electrons. The molecule has 2 unspecified atom stereocenters. The molecule has 0 spiro atoms. The van der Waals surface area contributed by atoms with E-state index in [1.807, 2.05) is 30.5 Å². The molecule has 0 amide bonds. The van der Waals surface area contributed by atoms with Crippen LogP contribution in [-0.4, -0.2) is 63.7 Å². The van der Waals surface area contributed by atoms with E-state index in [0.717, 1.165) is 85.6 Å². The summed E-state index contributed by atoms with van der Waals surface area (Å²) in [7, 11) is 1.69. The molecule has 3 aromatic rings. The number of likely N-dealkylation sites (tertiary alicyclic amines) is 1. The van der Waals surface area contributed by atoms with Crippen LogP contribution in [0.1, 0.15) is 44.1 Å². The van der Waals surface area contributed by atoms with Crippen molar-refractivity contribution in [3.05, 3.63) is 54.4 Å². The van der Waals surface area contributed by atoms with E-state index < -0.39 is 5.97 Å². The van der Waals surface area contributed by atoms with Crippen LogP contribution in [0.25, 0.3) is 10.9 Å². The number of methoxy groups -OCH3 is 1. The first-order chi connectivity index (χ1) is 17.6. The number of piperidine rings is 1. The molecule has 0 saturated carbocycles. The Kier molecular flexibility index (Phi) is 9.93. The van der Waals surface area contributed by atoms with Crippen molar-refractivity contribution in [3.8, 4) is 5.75 Å². The fourth-order valence-corrected chi connectivity index (χ4v) is 6.05. The van der Waals surface area contributed by atoms with Crippen LogP contribution in [0.3, 0.4) is 0 Å². The van der Waals surface area contributed by atoms with Crippen molar-refractivity contribution in [1.82, 2.24) is 20.1 Å². The molecule has 1 N–H and O–H groups in total. The van der Waals surface area contributed by atoms with E-state index in [2.05, 4.69) is 32.2 Å². The van der Waals surface area contributed by atoms with Gasteiger partial charge in [-0.1, -0.05) is 0 Å². The normalized spacial score (nSPS) is 18.4. The SMILES string of the molecule is COc1ccc2nccc(CCCC3CCN(CCCSc4cccnn4)CC3CCC(=O)O)c2c1. The molecule has 4 rings (SSSR count). The maximum absolute atomic E-state index is 11.3. The zero-order valence-electron chi connectivity index (χ0n) is 21.0. The lowest BCUT2D eigenvalue weighted by Crippen LogP contribution is -2.41. The van der Waals surface area contributed by atoms with Gasteiger partial charge in [0.2, 0.25) is 0 Å². The van der Waals surface area contributed by atoms with Crippen LogP contribution in [0, 0.1) is 11.8 Å². The third-order valence-electron chi connectivity index (χ3n) is 7.18. The smallest absolute Gasteiger partial charge is 0.303 e. The van der Waals surface area contributed by atoms with Crippen molar-refractivity contribution in [3.63, 3.8) is 0 Å². The van der Waals surface area contributed by atoms with Gasteiger partial charge in [0, 0.05) is 36.5 Å². The van der Waals surface area contributed by atoms with Crippen LogP contribution in [-0.2, 0) is 11.2 Å². The molecule has 0 aliphatic carbocycles. The summed E-state index contributed by atoms with van der Waals surface area (Å²) in [6, 6.07) is 12.1. The standard InChI is InChI=1S/C28H36N4O3S/c1-35-24-9-10-26-25(19-24)22(12-15-29-26)6-2-5-21-13-17-32(20-23(21)8-11-28(33)34)16-4-18-36-27-7-3-14-30-31-27/h3,7,9-10,12,14-15,19,21,23H,2,4-6,8,11,13,16-18,20H2,1H3,(H,33,34). The van der Waals surface area contributed by atoms with Crippen LogP contribution in [0.5, 0.6) is 5.75 Å². The lowest BCUT2D eigenvalue weighted by atomic mass is 9.79. The summed E-state index contributed by atoms with van der Waals surface area (Å²) in [4.78, 5) is 18.3. The van der Waals surface area contributed by atoms with Gasteiger partial charge >= 0.3 is 5.97 Å². The summed E-state index contributed by atoms with van der Waals surface area (Å²) in [5.41, 5.74) is 2.30. The molecule has 1 aliphatic rings. The summed E-state index contributed by atoms with van der Waals surface area (Å²) in [6.07, 6.45) is 10.1. The van der Waals surface area contributed by atoms with Crippen LogP contribution in [0.15, 0.2) is 53.8 Å². The van der Waals surface area contributed by atoms with Crippen molar-refractivity contribution in [1.29, 1.82) is 0 Å². The van der Waals surface area contributed by atoms with E-state index in [1.54, 1.807) is 25.1 Å². The Bertz CT molecular complexity index is 1110. The minimum absolute atomic E-state index is 0.256. The highest BCUT2D eigenvalue weighted by molar-refractivity contribution is 7.99. The fraction of sp³-hybridized carbons (Fsp3) is 0.500. The highest BCUT2D eigenvalue weighted by Gasteiger charge is 2.29. The van der Waals surface area contributed by atoms with Crippen LogP contribution >= 0.6 is 11.8 Å². The van der Waals surface area contributed by atoms with Gasteiger partial charge in [0.05, 0.1) is 12.6 Å². The van der Waals surface area contributed by atoms with Gasteiger partial charge < -0.3 is 14.7 Å². The van der Waals surface area contributed by atoms with Gasteiger partial charge in [-0.15, -0.1) is 16.9 Å². The average Bonchev–Trinajstić information content (AvgIpc) is 2.91.